The van der Waals surface area contributed by atoms with Crippen LogP contribution in [0.15, 0.2) is 4.52 Å². The van der Waals surface area contributed by atoms with E-state index in [0.717, 1.165) is 18.8 Å². The van der Waals surface area contributed by atoms with E-state index < -0.39 is 0 Å². The lowest BCUT2D eigenvalue weighted by molar-refractivity contribution is 0.351. The van der Waals surface area contributed by atoms with Crippen LogP contribution in [0, 0.1) is 0 Å². The molecule has 1 aromatic rings. The van der Waals surface area contributed by atoms with E-state index in [0.29, 0.717) is 5.89 Å². The molecular formula is C12H23N3O. The van der Waals surface area contributed by atoms with Crippen LogP contribution in [-0.4, -0.2) is 22.2 Å². The van der Waals surface area contributed by atoms with Crippen LogP contribution in [0.5, 0.6) is 0 Å². The van der Waals surface area contributed by atoms with E-state index in [1.54, 1.807) is 0 Å². The smallest absolute Gasteiger partial charge is 0.227 e. The topological polar surface area (TPSA) is 51.0 Å². The van der Waals surface area contributed by atoms with Crippen molar-refractivity contribution < 1.29 is 4.52 Å². The molecule has 0 aromatic carbocycles. The summed E-state index contributed by atoms with van der Waals surface area (Å²) in [6.07, 6.45) is 0.778. The van der Waals surface area contributed by atoms with Crippen molar-refractivity contribution in [2.75, 3.05) is 6.54 Å². The lowest BCUT2D eigenvalue weighted by Gasteiger charge is -2.19. The van der Waals surface area contributed by atoms with Crippen molar-refractivity contribution in [3.63, 3.8) is 0 Å². The molecule has 0 saturated carbocycles. The number of hydrogen-bond donors (Lipinski definition) is 1. The summed E-state index contributed by atoms with van der Waals surface area (Å²) in [6.45, 7) is 13.5. The number of rotatable bonds is 3. The zero-order valence-corrected chi connectivity index (χ0v) is 11.2. The highest BCUT2D eigenvalue weighted by atomic mass is 16.5. The largest absolute Gasteiger partial charge is 0.339 e. The molecule has 0 bridgehead atoms. The molecule has 0 spiro atoms. The van der Waals surface area contributed by atoms with Gasteiger partial charge in [-0.2, -0.15) is 4.98 Å². The Bertz CT molecular complexity index is 331. The Labute approximate surface area is 97.8 Å². The summed E-state index contributed by atoms with van der Waals surface area (Å²) in [5.74, 6) is 1.49. The standard InChI is InChI=1S/C12H23N3O/c1-11(2,3)10-14-9(16-15-10)7-8-13-12(4,5)6/h13H,7-8H2,1-6H3. The van der Waals surface area contributed by atoms with Gasteiger partial charge in [0.25, 0.3) is 0 Å². The summed E-state index contributed by atoms with van der Waals surface area (Å²) in [6, 6.07) is 0. The van der Waals surface area contributed by atoms with Crippen LogP contribution in [0.3, 0.4) is 0 Å². The second-order valence-electron chi connectivity index (χ2n) is 6.19. The number of nitrogens with one attached hydrogen (secondary N) is 1. The van der Waals surface area contributed by atoms with Gasteiger partial charge in [0.1, 0.15) is 0 Å². The molecule has 16 heavy (non-hydrogen) atoms. The van der Waals surface area contributed by atoms with Gasteiger partial charge in [0.05, 0.1) is 0 Å². The van der Waals surface area contributed by atoms with E-state index in [1.165, 1.54) is 0 Å². The Balaban J connectivity index is 2.48. The summed E-state index contributed by atoms with van der Waals surface area (Å²) in [7, 11) is 0. The maximum Gasteiger partial charge on any atom is 0.227 e. The third kappa shape index (κ3) is 4.31. The van der Waals surface area contributed by atoms with Crippen molar-refractivity contribution in [3.8, 4) is 0 Å². The van der Waals surface area contributed by atoms with E-state index in [9.17, 15) is 0 Å². The van der Waals surface area contributed by atoms with Crippen molar-refractivity contribution in [2.24, 2.45) is 0 Å². The summed E-state index contributed by atoms with van der Waals surface area (Å²) in [5, 5.41) is 7.38. The van der Waals surface area contributed by atoms with Gasteiger partial charge in [0.15, 0.2) is 5.82 Å². The van der Waals surface area contributed by atoms with Crippen LogP contribution >= 0.6 is 0 Å². The van der Waals surface area contributed by atoms with Crippen LogP contribution in [-0.2, 0) is 11.8 Å². The molecule has 0 radical (unpaired) electrons. The van der Waals surface area contributed by atoms with Gasteiger partial charge in [-0.05, 0) is 20.8 Å². The van der Waals surface area contributed by atoms with E-state index in [1.807, 2.05) is 0 Å². The quantitative estimate of drug-likeness (QED) is 0.857. The van der Waals surface area contributed by atoms with Crippen molar-refractivity contribution in [2.45, 2.75) is 58.9 Å². The minimum atomic E-state index is -0.0425. The maximum absolute atomic E-state index is 5.20. The molecule has 1 rings (SSSR count). The van der Waals surface area contributed by atoms with Gasteiger partial charge >= 0.3 is 0 Å². The first kappa shape index (κ1) is 13.2. The maximum atomic E-state index is 5.20. The van der Waals surface area contributed by atoms with Gasteiger partial charge in [-0.25, -0.2) is 0 Å². The molecule has 0 saturated heterocycles. The zero-order valence-electron chi connectivity index (χ0n) is 11.2. The van der Waals surface area contributed by atoms with Gasteiger partial charge in [0, 0.05) is 23.9 Å². The van der Waals surface area contributed by atoms with Crippen molar-refractivity contribution in [3.05, 3.63) is 11.7 Å². The molecule has 4 nitrogen and oxygen atoms in total. The van der Waals surface area contributed by atoms with Crippen molar-refractivity contribution in [1.82, 2.24) is 15.5 Å². The monoisotopic (exact) mass is 225 g/mol. The van der Waals surface area contributed by atoms with Crippen LogP contribution in [0.4, 0.5) is 0 Å². The summed E-state index contributed by atoms with van der Waals surface area (Å²) in [5.41, 5.74) is 0.0894. The van der Waals surface area contributed by atoms with Gasteiger partial charge < -0.3 is 9.84 Å². The molecule has 0 fully saturated rings. The van der Waals surface area contributed by atoms with Crippen molar-refractivity contribution in [1.29, 1.82) is 0 Å². The predicted molar refractivity (Wildman–Crippen MR) is 64.5 cm³/mol. The molecule has 0 atom stereocenters. The van der Waals surface area contributed by atoms with Crippen LogP contribution < -0.4 is 5.32 Å². The highest BCUT2D eigenvalue weighted by Crippen LogP contribution is 2.18. The Kier molecular flexibility index (Phi) is 3.73. The minimum Gasteiger partial charge on any atom is -0.339 e. The molecule has 4 heteroatoms. The fraction of sp³-hybridized carbons (Fsp3) is 0.833. The molecule has 0 aliphatic heterocycles. The van der Waals surface area contributed by atoms with Gasteiger partial charge in [-0.1, -0.05) is 25.9 Å². The minimum absolute atomic E-state index is 0.0425. The van der Waals surface area contributed by atoms with Gasteiger partial charge in [-0.3, -0.25) is 0 Å². The lowest BCUT2D eigenvalue weighted by Crippen LogP contribution is -2.37. The van der Waals surface area contributed by atoms with Gasteiger partial charge in [-0.15, -0.1) is 0 Å². The second kappa shape index (κ2) is 4.53. The van der Waals surface area contributed by atoms with E-state index in [2.05, 4.69) is 57.0 Å². The molecule has 92 valence electrons. The number of aromatic nitrogens is 2. The predicted octanol–water partition coefficient (Wildman–Crippen LogP) is 2.30. The normalized spacial score (nSPS) is 13.1. The van der Waals surface area contributed by atoms with Gasteiger partial charge in [0.2, 0.25) is 5.89 Å². The Morgan fingerprint density at radius 3 is 2.19 bits per heavy atom. The average molecular weight is 225 g/mol. The fourth-order valence-corrected chi connectivity index (χ4v) is 1.21. The average Bonchev–Trinajstić information content (AvgIpc) is 2.49. The SMILES string of the molecule is CC(C)(C)NCCc1nc(C(C)(C)C)no1. The first-order valence-electron chi connectivity index (χ1n) is 5.76. The molecule has 0 aliphatic carbocycles. The molecule has 1 N–H and O–H groups in total. The molecule has 1 heterocycles. The summed E-state index contributed by atoms with van der Waals surface area (Å²) < 4.78 is 5.20. The first-order valence-corrected chi connectivity index (χ1v) is 5.76. The second-order valence-corrected chi connectivity index (χ2v) is 6.19. The van der Waals surface area contributed by atoms with Crippen LogP contribution in [0.2, 0.25) is 0 Å². The molecule has 0 amide bonds. The highest BCUT2D eigenvalue weighted by Gasteiger charge is 2.20. The number of hydrogen-bond acceptors (Lipinski definition) is 4. The van der Waals surface area contributed by atoms with E-state index >= 15 is 0 Å². The lowest BCUT2D eigenvalue weighted by atomic mass is 9.96. The summed E-state index contributed by atoms with van der Waals surface area (Å²) >= 11 is 0. The zero-order chi connectivity index (χ0) is 12.4. The molecular weight excluding hydrogens is 202 g/mol. The fourth-order valence-electron chi connectivity index (χ4n) is 1.21. The Hall–Kier alpha value is -0.900. The van der Waals surface area contributed by atoms with Crippen molar-refractivity contribution >= 4 is 0 Å². The third-order valence-electron chi connectivity index (χ3n) is 2.13. The van der Waals surface area contributed by atoms with Crippen LogP contribution in [0.25, 0.3) is 0 Å². The molecule has 0 unspecified atom stereocenters. The van der Waals surface area contributed by atoms with E-state index in [-0.39, 0.29) is 11.0 Å². The highest BCUT2D eigenvalue weighted by molar-refractivity contribution is 5.00. The molecule has 1 aromatic heterocycles. The third-order valence-corrected chi connectivity index (χ3v) is 2.13. The summed E-state index contributed by atoms with van der Waals surface area (Å²) in [4.78, 5) is 4.38. The Morgan fingerprint density at radius 2 is 1.75 bits per heavy atom. The molecule has 0 aliphatic rings. The van der Waals surface area contributed by atoms with E-state index in [4.69, 9.17) is 4.52 Å². The van der Waals surface area contributed by atoms with Crippen LogP contribution in [0.1, 0.15) is 53.3 Å². The first-order chi connectivity index (χ1) is 7.18. The Morgan fingerprint density at radius 1 is 1.12 bits per heavy atom. The number of nitrogens with zero attached hydrogens (tertiary/aromatic N) is 2.